The molecule has 1 aromatic rings. The van der Waals surface area contributed by atoms with E-state index in [2.05, 4.69) is 19.7 Å². The van der Waals surface area contributed by atoms with E-state index in [1.165, 1.54) is 4.31 Å². The first-order chi connectivity index (χ1) is 10.2. The van der Waals surface area contributed by atoms with Gasteiger partial charge >= 0.3 is 0 Å². The molecule has 0 fully saturated rings. The van der Waals surface area contributed by atoms with Crippen molar-refractivity contribution in [2.75, 3.05) is 6.54 Å². The highest BCUT2D eigenvalue weighted by Gasteiger charge is 2.39. The van der Waals surface area contributed by atoms with Crippen molar-refractivity contribution in [2.45, 2.75) is 31.2 Å². The van der Waals surface area contributed by atoms with Gasteiger partial charge in [-0.15, -0.1) is 19.7 Å². The zero-order valence-electron chi connectivity index (χ0n) is 13.6. The molecule has 1 rings (SSSR count). The van der Waals surface area contributed by atoms with Crippen LogP contribution in [0.3, 0.4) is 0 Å². The standard InChI is InChI=1S/C18H25NO2S/c1-7-14-19(18(5,6)16(8-2)9-3)22(20,21)17-12-10-15(4)11-13-17/h7-13,16H,1-3,14H2,4-6H3. The Kier molecular flexibility index (Phi) is 5.92. The topological polar surface area (TPSA) is 37.4 Å². The summed E-state index contributed by atoms with van der Waals surface area (Å²) in [4.78, 5) is 0.278. The average Bonchev–Trinajstić information content (AvgIpc) is 2.45. The monoisotopic (exact) mass is 319 g/mol. The SMILES string of the molecule is C=CCN(C(C)(C)C(C=C)C=C)S(=O)(=O)c1ccc(C)cc1. The maximum Gasteiger partial charge on any atom is 0.243 e. The van der Waals surface area contributed by atoms with Crippen molar-refractivity contribution in [3.8, 4) is 0 Å². The molecule has 0 aliphatic rings. The molecule has 3 nitrogen and oxygen atoms in total. The third-order valence-corrected chi connectivity index (χ3v) is 5.94. The van der Waals surface area contributed by atoms with Crippen molar-refractivity contribution in [3.05, 3.63) is 67.8 Å². The highest BCUT2D eigenvalue weighted by Crippen LogP contribution is 2.32. The highest BCUT2D eigenvalue weighted by molar-refractivity contribution is 7.89. The molecule has 0 saturated carbocycles. The minimum atomic E-state index is -3.64. The van der Waals surface area contributed by atoms with Crippen LogP contribution in [0.1, 0.15) is 19.4 Å². The molecular formula is C18H25NO2S. The summed E-state index contributed by atoms with van der Waals surface area (Å²) in [5, 5.41) is 0. The van der Waals surface area contributed by atoms with Crippen LogP contribution in [-0.4, -0.2) is 24.8 Å². The van der Waals surface area contributed by atoms with Gasteiger partial charge in [0.1, 0.15) is 0 Å². The molecule has 0 heterocycles. The lowest BCUT2D eigenvalue weighted by Gasteiger charge is -2.40. The van der Waals surface area contributed by atoms with Gasteiger partial charge in [0.15, 0.2) is 0 Å². The summed E-state index contributed by atoms with van der Waals surface area (Å²) in [5.41, 5.74) is 0.324. The van der Waals surface area contributed by atoms with Gasteiger partial charge in [-0.05, 0) is 32.9 Å². The maximum absolute atomic E-state index is 13.0. The molecule has 0 bridgehead atoms. The van der Waals surface area contributed by atoms with E-state index in [0.29, 0.717) is 0 Å². The number of benzene rings is 1. The van der Waals surface area contributed by atoms with E-state index < -0.39 is 15.6 Å². The number of hydrogen-bond donors (Lipinski definition) is 0. The molecule has 0 amide bonds. The number of rotatable bonds is 8. The summed E-state index contributed by atoms with van der Waals surface area (Å²) < 4.78 is 27.5. The lowest BCUT2D eigenvalue weighted by Crippen LogP contribution is -2.51. The molecule has 4 heteroatoms. The Morgan fingerprint density at radius 3 is 2.05 bits per heavy atom. The highest BCUT2D eigenvalue weighted by atomic mass is 32.2. The van der Waals surface area contributed by atoms with Crippen LogP contribution in [0.2, 0.25) is 0 Å². The summed E-state index contributed by atoms with van der Waals surface area (Å²) in [5.74, 6) is -0.173. The van der Waals surface area contributed by atoms with Crippen LogP contribution in [0.4, 0.5) is 0 Å². The predicted octanol–water partition coefficient (Wildman–Crippen LogP) is 3.94. The Morgan fingerprint density at radius 2 is 1.64 bits per heavy atom. The molecule has 120 valence electrons. The molecule has 0 atom stereocenters. The zero-order chi connectivity index (χ0) is 17.0. The van der Waals surface area contributed by atoms with Crippen LogP contribution in [0.15, 0.2) is 67.1 Å². The third kappa shape index (κ3) is 3.57. The van der Waals surface area contributed by atoms with Crippen LogP contribution in [0, 0.1) is 12.8 Å². The summed E-state index contributed by atoms with van der Waals surface area (Å²) >= 11 is 0. The zero-order valence-corrected chi connectivity index (χ0v) is 14.4. The number of hydrogen-bond acceptors (Lipinski definition) is 2. The van der Waals surface area contributed by atoms with Gasteiger partial charge < -0.3 is 0 Å². The van der Waals surface area contributed by atoms with Crippen LogP contribution < -0.4 is 0 Å². The lowest BCUT2D eigenvalue weighted by molar-refractivity contribution is 0.210. The Labute approximate surface area is 134 Å². The minimum Gasteiger partial charge on any atom is -0.207 e. The Hall–Kier alpha value is -1.65. The third-order valence-electron chi connectivity index (χ3n) is 3.87. The van der Waals surface area contributed by atoms with E-state index in [1.54, 1.807) is 42.5 Å². The van der Waals surface area contributed by atoms with Gasteiger partial charge in [0.25, 0.3) is 0 Å². The normalized spacial score (nSPS) is 12.4. The van der Waals surface area contributed by atoms with E-state index in [-0.39, 0.29) is 17.4 Å². The summed E-state index contributed by atoms with van der Waals surface area (Å²) in [6.07, 6.45) is 5.03. The van der Waals surface area contributed by atoms with E-state index in [9.17, 15) is 8.42 Å². The van der Waals surface area contributed by atoms with E-state index in [4.69, 9.17) is 0 Å². The van der Waals surface area contributed by atoms with E-state index in [1.807, 2.05) is 20.8 Å². The molecule has 0 spiro atoms. The Bertz CT molecular complexity index is 634. The van der Waals surface area contributed by atoms with Crippen molar-refractivity contribution < 1.29 is 8.42 Å². The van der Waals surface area contributed by atoms with Crippen LogP contribution in [0.5, 0.6) is 0 Å². The molecule has 0 unspecified atom stereocenters. The molecule has 0 saturated heterocycles. The second-order valence-corrected chi connectivity index (χ2v) is 7.65. The second-order valence-electron chi connectivity index (χ2n) is 5.79. The Balaban J connectivity index is 3.40. The van der Waals surface area contributed by atoms with Gasteiger partial charge in [0.05, 0.1) is 4.90 Å². The first-order valence-electron chi connectivity index (χ1n) is 7.17. The van der Waals surface area contributed by atoms with Crippen molar-refractivity contribution in [1.29, 1.82) is 0 Å². The summed E-state index contributed by atoms with van der Waals surface area (Å²) in [7, 11) is -3.64. The van der Waals surface area contributed by atoms with Crippen LogP contribution in [-0.2, 0) is 10.0 Å². The number of nitrogens with zero attached hydrogens (tertiary/aromatic N) is 1. The molecule has 0 aliphatic heterocycles. The van der Waals surface area contributed by atoms with Gasteiger partial charge in [-0.25, -0.2) is 8.42 Å². The van der Waals surface area contributed by atoms with Crippen molar-refractivity contribution in [1.82, 2.24) is 4.31 Å². The summed E-state index contributed by atoms with van der Waals surface area (Å²) in [6, 6.07) is 6.86. The Morgan fingerprint density at radius 1 is 1.14 bits per heavy atom. The van der Waals surface area contributed by atoms with E-state index in [0.717, 1.165) is 5.56 Å². The van der Waals surface area contributed by atoms with Crippen molar-refractivity contribution in [2.24, 2.45) is 5.92 Å². The van der Waals surface area contributed by atoms with E-state index >= 15 is 0 Å². The molecule has 22 heavy (non-hydrogen) atoms. The van der Waals surface area contributed by atoms with Crippen LogP contribution in [0.25, 0.3) is 0 Å². The minimum absolute atomic E-state index is 0.173. The van der Waals surface area contributed by atoms with Crippen molar-refractivity contribution >= 4 is 10.0 Å². The molecule has 1 aromatic carbocycles. The van der Waals surface area contributed by atoms with Gasteiger partial charge in [-0.3, -0.25) is 0 Å². The van der Waals surface area contributed by atoms with Gasteiger partial charge in [-0.1, -0.05) is 35.9 Å². The predicted molar refractivity (Wildman–Crippen MR) is 93.2 cm³/mol. The largest absolute Gasteiger partial charge is 0.243 e. The van der Waals surface area contributed by atoms with Crippen LogP contribution >= 0.6 is 0 Å². The lowest BCUT2D eigenvalue weighted by atomic mass is 9.87. The molecule has 0 aliphatic carbocycles. The van der Waals surface area contributed by atoms with Gasteiger partial charge in [0, 0.05) is 18.0 Å². The van der Waals surface area contributed by atoms with Gasteiger partial charge in [0.2, 0.25) is 10.0 Å². The molecule has 0 radical (unpaired) electrons. The quantitative estimate of drug-likeness (QED) is 0.681. The fourth-order valence-corrected chi connectivity index (χ4v) is 4.21. The fourth-order valence-electron chi connectivity index (χ4n) is 2.44. The smallest absolute Gasteiger partial charge is 0.207 e. The molecular weight excluding hydrogens is 294 g/mol. The average molecular weight is 319 g/mol. The first kappa shape index (κ1) is 18.4. The molecule has 0 aromatic heterocycles. The molecule has 0 N–H and O–H groups in total. The number of sulfonamides is 1. The van der Waals surface area contributed by atoms with Gasteiger partial charge in [-0.2, -0.15) is 4.31 Å². The summed E-state index contributed by atoms with van der Waals surface area (Å²) in [6.45, 7) is 17.2. The first-order valence-corrected chi connectivity index (χ1v) is 8.61. The number of aryl methyl sites for hydroxylation is 1. The fraction of sp³-hybridized carbons (Fsp3) is 0.333. The maximum atomic E-state index is 13.0. The second kappa shape index (κ2) is 7.07. The van der Waals surface area contributed by atoms with Crippen molar-refractivity contribution in [3.63, 3.8) is 0 Å².